The van der Waals surface area contributed by atoms with E-state index in [4.69, 9.17) is 0 Å². The minimum Gasteiger partial charge on any atom is -0.340 e. The maximum absolute atomic E-state index is 11.8. The molecule has 2 rings (SSSR count). The SMILES string of the molecule is O=C(CNC1CCCC1)N1CCS(=O)CC1. The van der Waals surface area contributed by atoms with Gasteiger partial charge in [0.1, 0.15) is 0 Å². The highest BCUT2D eigenvalue weighted by Crippen LogP contribution is 2.17. The summed E-state index contributed by atoms with van der Waals surface area (Å²) in [4.78, 5) is 13.7. The topological polar surface area (TPSA) is 49.4 Å². The lowest BCUT2D eigenvalue weighted by atomic mass is 10.2. The van der Waals surface area contributed by atoms with E-state index in [2.05, 4.69) is 5.32 Å². The van der Waals surface area contributed by atoms with E-state index >= 15 is 0 Å². The highest BCUT2D eigenvalue weighted by molar-refractivity contribution is 7.85. The van der Waals surface area contributed by atoms with Crippen molar-refractivity contribution in [3.05, 3.63) is 0 Å². The number of rotatable bonds is 3. The fraction of sp³-hybridized carbons (Fsp3) is 0.909. The van der Waals surface area contributed by atoms with Gasteiger partial charge in [0.25, 0.3) is 0 Å². The number of amides is 1. The lowest BCUT2D eigenvalue weighted by molar-refractivity contribution is -0.130. The van der Waals surface area contributed by atoms with Gasteiger partial charge in [0.2, 0.25) is 5.91 Å². The summed E-state index contributed by atoms with van der Waals surface area (Å²) in [6.45, 7) is 1.78. The number of carbonyl (C=O) groups is 1. The largest absolute Gasteiger partial charge is 0.340 e. The second kappa shape index (κ2) is 5.77. The lowest BCUT2D eigenvalue weighted by Gasteiger charge is -2.27. The van der Waals surface area contributed by atoms with Crippen molar-refractivity contribution in [2.45, 2.75) is 31.7 Å². The van der Waals surface area contributed by atoms with Crippen molar-refractivity contribution in [1.82, 2.24) is 10.2 Å². The molecule has 2 fully saturated rings. The Balaban J connectivity index is 1.68. The van der Waals surface area contributed by atoms with Gasteiger partial charge in [-0.1, -0.05) is 12.8 Å². The summed E-state index contributed by atoms with van der Waals surface area (Å²) in [6, 6.07) is 0.544. The van der Waals surface area contributed by atoms with Crippen molar-refractivity contribution in [2.24, 2.45) is 0 Å². The minimum absolute atomic E-state index is 0.170. The predicted octanol–water partition coefficient (Wildman–Crippen LogP) is 0.110. The van der Waals surface area contributed by atoms with E-state index in [-0.39, 0.29) is 5.91 Å². The number of carbonyl (C=O) groups excluding carboxylic acids is 1. The molecule has 0 aromatic heterocycles. The van der Waals surface area contributed by atoms with Crippen molar-refractivity contribution >= 4 is 16.7 Å². The first-order valence-electron chi connectivity index (χ1n) is 6.12. The third-order valence-corrected chi connectivity index (χ3v) is 4.70. The summed E-state index contributed by atoms with van der Waals surface area (Å²) in [6.07, 6.45) is 4.98. The zero-order chi connectivity index (χ0) is 11.4. The van der Waals surface area contributed by atoms with Gasteiger partial charge in [-0.25, -0.2) is 0 Å². The maximum Gasteiger partial charge on any atom is 0.236 e. The number of nitrogens with zero attached hydrogens (tertiary/aromatic N) is 1. The Morgan fingerprint density at radius 3 is 2.50 bits per heavy atom. The molecule has 0 atom stereocenters. The summed E-state index contributed by atoms with van der Waals surface area (Å²) in [5, 5.41) is 3.32. The van der Waals surface area contributed by atoms with Gasteiger partial charge in [0.05, 0.1) is 6.54 Å². The van der Waals surface area contributed by atoms with Crippen LogP contribution in [0.4, 0.5) is 0 Å². The van der Waals surface area contributed by atoms with Gasteiger partial charge >= 0.3 is 0 Å². The summed E-state index contributed by atoms with van der Waals surface area (Å²) < 4.78 is 11.2. The Labute approximate surface area is 99.2 Å². The molecule has 0 bridgehead atoms. The second-order valence-corrected chi connectivity index (χ2v) is 6.29. The summed E-state index contributed by atoms with van der Waals surface area (Å²) >= 11 is 0. The Kier molecular flexibility index (Phi) is 4.35. The molecule has 0 unspecified atom stereocenters. The van der Waals surface area contributed by atoms with Crippen LogP contribution in [0.15, 0.2) is 0 Å². The molecule has 1 saturated heterocycles. The zero-order valence-electron chi connectivity index (χ0n) is 9.61. The van der Waals surface area contributed by atoms with E-state index in [9.17, 15) is 9.00 Å². The normalized spacial score (nSPS) is 23.9. The standard InChI is InChI=1S/C11H20N2O2S/c14-11(9-12-10-3-1-2-4-10)13-5-7-16(15)8-6-13/h10,12H,1-9H2. The first-order valence-corrected chi connectivity index (χ1v) is 7.60. The molecule has 92 valence electrons. The molecule has 0 aromatic rings. The average Bonchev–Trinajstić information content (AvgIpc) is 2.80. The van der Waals surface area contributed by atoms with Crippen LogP contribution in [0.2, 0.25) is 0 Å². The molecule has 4 nitrogen and oxygen atoms in total. The van der Waals surface area contributed by atoms with E-state index in [0.29, 0.717) is 37.2 Å². The third kappa shape index (κ3) is 3.28. The molecule has 1 aliphatic heterocycles. The van der Waals surface area contributed by atoms with Crippen molar-refractivity contribution in [2.75, 3.05) is 31.1 Å². The molecule has 1 heterocycles. The van der Waals surface area contributed by atoms with Gasteiger partial charge in [-0.15, -0.1) is 0 Å². The number of hydrogen-bond acceptors (Lipinski definition) is 3. The quantitative estimate of drug-likeness (QED) is 0.766. The average molecular weight is 244 g/mol. The Morgan fingerprint density at radius 1 is 1.25 bits per heavy atom. The molecule has 0 aromatic carbocycles. The van der Waals surface area contributed by atoms with Crippen LogP contribution in [0.3, 0.4) is 0 Å². The van der Waals surface area contributed by atoms with Crippen LogP contribution in [-0.2, 0) is 15.6 Å². The Bertz CT molecular complexity index is 267. The molecule has 16 heavy (non-hydrogen) atoms. The summed E-state index contributed by atoms with van der Waals surface area (Å²) in [5.74, 6) is 1.47. The van der Waals surface area contributed by atoms with Crippen LogP contribution in [0.5, 0.6) is 0 Å². The van der Waals surface area contributed by atoms with Crippen LogP contribution >= 0.6 is 0 Å². The van der Waals surface area contributed by atoms with E-state index < -0.39 is 10.8 Å². The third-order valence-electron chi connectivity index (χ3n) is 3.43. The highest BCUT2D eigenvalue weighted by Gasteiger charge is 2.21. The van der Waals surface area contributed by atoms with Gasteiger partial charge in [-0.2, -0.15) is 0 Å². The fourth-order valence-electron chi connectivity index (χ4n) is 2.36. The smallest absolute Gasteiger partial charge is 0.236 e. The predicted molar refractivity (Wildman–Crippen MR) is 64.7 cm³/mol. The van der Waals surface area contributed by atoms with Crippen LogP contribution in [-0.4, -0.2) is 52.2 Å². The lowest BCUT2D eigenvalue weighted by Crippen LogP contribution is -2.46. The first kappa shape index (κ1) is 12.0. The molecular formula is C11H20N2O2S. The molecule has 1 N–H and O–H groups in total. The van der Waals surface area contributed by atoms with Gasteiger partial charge in [-0.3, -0.25) is 9.00 Å². The van der Waals surface area contributed by atoms with Gasteiger partial charge in [0, 0.05) is 41.4 Å². The summed E-state index contributed by atoms with van der Waals surface area (Å²) in [5.41, 5.74) is 0. The van der Waals surface area contributed by atoms with Crippen molar-refractivity contribution in [3.8, 4) is 0 Å². The fourth-order valence-corrected chi connectivity index (χ4v) is 3.41. The maximum atomic E-state index is 11.8. The van der Waals surface area contributed by atoms with E-state index in [1.165, 1.54) is 25.7 Å². The molecular weight excluding hydrogens is 224 g/mol. The van der Waals surface area contributed by atoms with Crippen molar-refractivity contribution in [3.63, 3.8) is 0 Å². The number of nitrogens with one attached hydrogen (secondary N) is 1. The van der Waals surface area contributed by atoms with Crippen LogP contribution in [0.25, 0.3) is 0 Å². The van der Waals surface area contributed by atoms with E-state index in [1.54, 1.807) is 0 Å². The monoisotopic (exact) mass is 244 g/mol. The Morgan fingerprint density at radius 2 is 1.88 bits per heavy atom. The second-order valence-electron chi connectivity index (χ2n) is 4.59. The zero-order valence-corrected chi connectivity index (χ0v) is 10.4. The molecule has 2 aliphatic rings. The highest BCUT2D eigenvalue weighted by atomic mass is 32.2. The molecule has 1 aliphatic carbocycles. The van der Waals surface area contributed by atoms with Gasteiger partial charge in [-0.05, 0) is 12.8 Å². The first-order chi connectivity index (χ1) is 7.75. The molecule has 0 spiro atoms. The van der Waals surface area contributed by atoms with Crippen LogP contribution in [0, 0.1) is 0 Å². The molecule has 1 amide bonds. The molecule has 1 saturated carbocycles. The molecule has 0 radical (unpaired) electrons. The molecule has 5 heteroatoms. The van der Waals surface area contributed by atoms with Crippen LogP contribution < -0.4 is 5.32 Å². The van der Waals surface area contributed by atoms with Gasteiger partial charge < -0.3 is 10.2 Å². The van der Waals surface area contributed by atoms with Gasteiger partial charge in [0.15, 0.2) is 0 Å². The van der Waals surface area contributed by atoms with E-state index in [0.717, 1.165) is 0 Å². The van der Waals surface area contributed by atoms with Crippen LogP contribution in [0.1, 0.15) is 25.7 Å². The minimum atomic E-state index is -0.698. The van der Waals surface area contributed by atoms with Crippen molar-refractivity contribution < 1.29 is 9.00 Å². The summed E-state index contributed by atoms with van der Waals surface area (Å²) in [7, 11) is -0.698. The van der Waals surface area contributed by atoms with E-state index in [1.807, 2.05) is 4.90 Å². The number of hydrogen-bond donors (Lipinski definition) is 1. The van der Waals surface area contributed by atoms with Crippen molar-refractivity contribution in [1.29, 1.82) is 0 Å². The Hall–Kier alpha value is -0.420.